The van der Waals surface area contributed by atoms with E-state index in [0.717, 1.165) is 5.56 Å². The first kappa shape index (κ1) is 20.2. The van der Waals surface area contributed by atoms with Gasteiger partial charge in [-0.2, -0.15) is 0 Å². The molecule has 0 radical (unpaired) electrons. The van der Waals surface area contributed by atoms with E-state index < -0.39 is 5.31 Å². The summed E-state index contributed by atoms with van der Waals surface area (Å²) in [7, 11) is 0. The second-order valence-corrected chi connectivity index (χ2v) is 16.5. The molecule has 0 aromatic heterocycles. The number of benzene rings is 4. The molecule has 0 aliphatic heterocycles. The number of rotatable bonds is 5. The Morgan fingerprint density at radius 2 is 1.07 bits per heavy atom. The number of hydrogen-bond donors (Lipinski definition) is 1. The van der Waals surface area contributed by atoms with Crippen LogP contribution >= 0.6 is 32.4 Å². The molecule has 0 unspecified atom stereocenters. The van der Waals surface area contributed by atoms with E-state index in [1.54, 1.807) is 12.1 Å². The van der Waals surface area contributed by atoms with Crippen LogP contribution in [0.2, 0.25) is 5.02 Å². The predicted molar refractivity (Wildman–Crippen MR) is 131 cm³/mol. The van der Waals surface area contributed by atoms with Gasteiger partial charge in [0, 0.05) is 0 Å². The number of aromatic hydroxyl groups is 1. The molecule has 0 spiro atoms. The standard InChI is InChI=1S/C25H21BrClOP/c26-29(22-10-4-1-5-11-22,23-12-6-2-7-13-23,24-14-8-3-9-15-24)19-20-18-21(27)16-17-25(20)28/h1-18,28H,19H2. The molecule has 4 aromatic carbocycles. The Kier molecular flexibility index (Phi) is 5.53. The fraction of sp³-hybridized carbons (Fsp3) is 0.0400. The van der Waals surface area contributed by atoms with Crippen molar-refractivity contribution in [1.29, 1.82) is 0 Å². The molecule has 0 bridgehead atoms. The molecule has 29 heavy (non-hydrogen) atoms. The third-order valence-electron chi connectivity index (χ3n) is 5.39. The van der Waals surface area contributed by atoms with E-state index in [4.69, 9.17) is 11.6 Å². The second-order valence-electron chi connectivity index (χ2n) is 7.12. The number of hydrogen-bond acceptors (Lipinski definition) is 1. The van der Waals surface area contributed by atoms with Crippen molar-refractivity contribution < 1.29 is 5.11 Å². The zero-order valence-corrected chi connectivity index (χ0v) is 19.0. The van der Waals surface area contributed by atoms with Crippen molar-refractivity contribution in [3.63, 3.8) is 0 Å². The van der Waals surface area contributed by atoms with Crippen LogP contribution < -0.4 is 15.9 Å². The zero-order valence-electron chi connectivity index (χ0n) is 15.7. The monoisotopic (exact) mass is 482 g/mol. The van der Waals surface area contributed by atoms with Gasteiger partial charge in [0.25, 0.3) is 0 Å². The van der Waals surface area contributed by atoms with E-state index >= 15 is 0 Å². The van der Waals surface area contributed by atoms with E-state index in [1.807, 2.05) is 24.3 Å². The molecule has 0 aliphatic rings. The van der Waals surface area contributed by atoms with Crippen LogP contribution in [0.25, 0.3) is 0 Å². The molecule has 4 rings (SSSR count). The van der Waals surface area contributed by atoms with E-state index in [0.29, 0.717) is 11.2 Å². The van der Waals surface area contributed by atoms with Crippen molar-refractivity contribution in [3.05, 3.63) is 120 Å². The second kappa shape index (κ2) is 7.95. The molecule has 4 aromatic rings. The Hall–Kier alpha value is -2.12. The molecule has 0 saturated heterocycles. The van der Waals surface area contributed by atoms with Crippen LogP contribution in [0.3, 0.4) is 0 Å². The first-order chi connectivity index (χ1) is 14.0. The normalized spacial score (nSPS) is 12.8. The van der Waals surface area contributed by atoms with Gasteiger partial charge in [-0.3, -0.25) is 0 Å². The van der Waals surface area contributed by atoms with Crippen molar-refractivity contribution in [2.24, 2.45) is 0 Å². The minimum absolute atomic E-state index is 0.255. The molecule has 0 aliphatic carbocycles. The molecule has 1 N–H and O–H groups in total. The molecule has 0 heterocycles. The van der Waals surface area contributed by atoms with Gasteiger partial charge in [0.2, 0.25) is 0 Å². The van der Waals surface area contributed by atoms with Gasteiger partial charge < -0.3 is 0 Å². The van der Waals surface area contributed by atoms with Crippen LogP contribution in [0.4, 0.5) is 0 Å². The van der Waals surface area contributed by atoms with Gasteiger partial charge >= 0.3 is 185 Å². The quantitative estimate of drug-likeness (QED) is 0.326. The van der Waals surface area contributed by atoms with Gasteiger partial charge in [-0.1, -0.05) is 0 Å². The topological polar surface area (TPSA) is 20.2 Å². The Labute approximate surface area is 184 Å². The van der Waals surface area contributed by atoms with Crippen molar-refractivity contribution in [1.82, 2.24) is 0 Å². The summed E-state index contributed by atoms with van der Waals surface area (Å²) in [6, 6.07) is 36.8. The van der Waals surface area contributed by atoms with Crippen LogP contribution in [-0.4, -0.2) is 5.11 Å². The third kappa shape index (κ3) is 3.51. The fourth-order valence-electron chi connectivity index (χ4n) is 3.94. The predicted octanol–water partition coefficient (Wildman–Crippen LogP) is 6.39. The fourth-order valence-corrected chi connectivity index (χ4v) is 11.8. The Morgan fingerprint density at radius 3 is 1.48 bits per heavy atom. The molecule has 0 fully saturated rings. The molecule has 4 heteroatoms. The third-order valence-corrected chi connectivity index (χ3v) is 15.1. The number of phenols is 1. The Morgan fingerprint density at radius 1 is 0.655 bits per heavy atom. The molecule has 1 nitrogen and oxygen atoms in total. The van der Waals surface area contributed by atoms with Crippen LogP contribution in [-0.2, 0) is 6.16 Å². The SMILES string of the molecule is Oc1ccc(Cl)cc1CP(Br)(c1ccccc1)(c1ccccc1)c1ccccc1. The van der Waals surface area contributed by atoms with E-state index in [9.17, 15) is 5.11 Å². The summed E-state index contributed by atoms with van der Waals surface area (Å²) in [5.74, 6) is 0.255. The average Bonchev–Trinajstić information content (AvgIpc) is 2.78. The van der Waals surface area contributed by atoms with Crippen LogP contribution in [0, 0.1) is 0 Å². The van der Waals surface area contributed by atoms with Gasteiger partial charge in [-0.25, -0.2) is 0 Å². The van der Waals surface area contributed by atoms with Gasteiger partial charge in [0.15, 0.2) is 0 Å². The molecular formula is C25H21BrClOP. The summed E-state index contributed by atoms with van der Waals surface area (Å²) >= 11 is 10.7. The molecule has 0 saturated carbocycles. The number of phenolic OH excluding ortho intramolecular Hbond substituents is 1. The summed E-state index contributed by atoms with van der Waals surface area (Å²) in [4.78, 5) is 0. The van der Waals surface area contributed by atoms with Crippen LogP contribution in [0.15, 0.2) is 109 Å². The molecule has 0 amide bonds. The van der Waals surface area contributed by atoms with Crippen molar-refractivity contribution in [2.75, 3.05) is 0 Å². The van der Waals surface area contributed by atoms with Gasteiger partial charge in [-0.05, 0) is 0 Å². The molecule has 146 valence electrons. The van der Waals surface area contributed by atoms with Crippen LogP contribution in [0.5, 0.6) is 5.75 Å². The first-order valence-electron chi connectivity index (χ1n) is 9.39. The van der Waals surface area contributed by atoms with Crippen molar-refractivity contribution >= 4 is 48.3 Å². The van der Waals surface area contributed by atoms with E-state index in [-0.39, 0.29) is 5.75 Å². The van der Waals surface area contributed by atoms with E-state index in [2.05, 4.69) is 88.3 Å². The maximum atomic E-state index is 10.7. The van der Waals surface area contributed by atoms with Gasteiger partial charge in [-0.15, -0.1) is 0 Å². The van der Waals surface area contributed by atoms with Gasteiger partial charge in [0.1, 0.15) is 0 Å². The van der Waals surface area contributed by atoms with Crippen LogP contribution in [0.1, 0.15) is 5.56 Å². The summed E-state index contributed by atoms with van der Waals surface area (Å²) < 4.78 is 0. The number of halogens is 2. The summed E-state index contributed by atoms with van der Waals surface area (Å²) in [5, 5.41) is 11.8. The average molecular weight is 484 g/mol. The first-order valence-corrected chi connectivity index (χ1v) is 14.2. The summed E-state index contributed by atoms with van der Waals surface area (Å²) in [6.07, 6.45) is 0.607. The molecule has 0 atom stereocenters. The molecular weight excluding hydrogens is 463 g/mol. The minimum atomic E-state index is -3.14. The van der Waals surface area contributed by atoms with Crippen molar-refractivity contribution in [3.8, 4) is 5.75 Å². The zero-order chi connectivity index (χ0) is 20.3. The van der Waals surface area contributed by atoms with Gasteiger partial charge in [0.05, 0.1) is 0 Å². The summed E-state index contributed by atoms with van der Waals surface area (Å²) in [6.45, 7) is 0. The Balaban J connectivity index is 2.11. The summed E-state index contributed by atoms with van der Waals surface area (Å²) in [5.41, 5.74) is 0.823. The van der Waals surface area contributed by atoms with Crippen molar-refractivity contribution in [2.45, 2.75) is 6.16 Å². The Bertz CT molecular complexity index is 1020. The maximum absolute atomic E-state index is 10.7. The van der Waals surface area contributed by atoms with E-state index in [1.165, 1.54) is 15.9 Å².